The molecule has 0 aromatic carbocycles. The van der Waals surface area contributed by atoms with Gasteiger partial charge >= 0.3 is 41.4 Å². The normalized spacial score (nSPS) is 9.27. The molecule has 4 N–H and O–H groups in total. The Morgan fingerprint density at radius 1 is 0.909 bits per heavy atom. The number of hydrogen-bond donors (Lipinski definition) is 4. The number of carboxylic acids is 2. The maximum absolute atomic E-state index is 9.10. The van der Waals surface area contributed by atoms with Gasteiger partial charge in [0, 0.05) is 0 Å². The first-order chi connectivity index (χ1) is 4.64. The van der Waals surface area contributed by atoms with E-state index in [9.17, 15) is 0 Å². The number of hydrogen-bond acceptors (Lipinski definition) is 4. The second-order valence-electron chi connectivity index (χ2n) is 1.02. The van der Waals surface area contributed by atoms with Crippen molar-refractivity contribution in [2.24, 2.45) is 0 Å². The molecule has 0 aromatic heterocycles. The Hall–Kier alpha value is -1.02. The fourth-order valence-corrected chi connectivity index (χ4v) is 0. The third-order valence-corrected chi connectivity index (χ3v) is 0.183. The maximum atomic E-state index is 9.10. The molecule has 67 valence electrons. The van der Waals surface area contributed by atoms with Crippen LogP contribution in [0.2, 0.25) is 0 Å². The molecule has 8 nitrogen and oxygen atoms in total. The monoisotopic (exact) mass is 211 g/mol. The first-order valence-corrected chi connectivity index (χ1v) is 3.77. The van der Waals surface area contributed by atoms with Gasteiger partial charge in [-0.2, -0.15) is 0 Å². The Kier molecular flexibility index (Phi) is 5.45. The van der Waals surface area contributed by atoms with E-state index < -0.39 is 25.3 Å². The molecule has 9 heteroatoms. The van der Waals surface area contributed by atoms with Gasteiger partial charge in [-0.1, -0.05) is 0 Å². The molecule has 0 spiro atoms. The van der Waals surface area contributed by atoms with Crippen molar-refractivity contribution >= 4 is 11.9 Å². The van der Waals surface area contributed by atoms with Crippen LogP contribution < -0.4 is 0 Å². The van der Waals surface area contributed by atoms with Gasteiger partial charge in [0.1, 0.15) is 0 Å². The molecule has 0 bridgehead atoms. The summed E-state index contributed by atoms with van der Waals surface area (Å²) in [4.78, 5) is 18.2. The number of carbonyl (C=O) groups is 2. The van der Waals surface area contributed by atoms with Gasteiger partial charge in [-0.15, -0.1) is 0 Å². The summed E-state index contributed by atoms with van der Waals surface area (Å²) in [5.41, 5.74) is 0. The zero-order valence-electron chi connectivity index (χ0n) is 4.80. The van der Waals surface area contributed by atoms with E-state index in [0.717, 1.165) is 0 Å². The molecule has 0 aliphatic heterocycles. The fourth-order valence-electron chi connectivity index (χ4n) is 0. The van der Waals surface area contributed by atoms with Crippen LogP contribution in [0.3, 0.4) is 0 Å². The summed E-state index contributed by atoms with van der Waals surface area (Å²) in [5, 5.41) is 14.8. The van der Waals surface area contributed by atoms with E-state index in [1.165, 1.54) is 0 Å². The quantitative estimate of drug-likeness (QED) is 0.260. The van der Waals surface area contributed by atoms with Gasteiger partial charge in [0.25, 0.3) is 0 Å². The van der Waals surface area contributed by atoms with Gasteiger partial charge in [-0.05, 0) is 0 Å². The molecule has 0 aromatic rings. The van der Waals surface area contributed by atoms with Crippen LogP contribution in [0.4, 0.5) is 0 Å². The molecular formula is C2H4MnO8. The van der Waals surface area contributed by atoms with Crippen LogP contribution in [0, 0.1) is 0 Å². The molecule has 0 rings (SSSR count). The SMILES string of the molecule is O=C(O)C(=O)O.[O]=[Mn](=[O])([OH])[OH]. The summed E-state index contributed by atoms with van der Waals surface area (Å²) in [6.07, 6.45) is 0. The van der Waals surface area contributed by atoms with E-state index in [1.54, 1.807) is 0 Å². The van der Waals surface area contributed by atoms with Crippen molar-refractivity contribution in [3.8, 4) is 0 Å². The molecule has 0 fully saturated rings. The van der Waals surface area contributed by atoms with Crippen LogP contribution in [-0.2, 0) is 30.6 Å². The van der Waals surface area contributed by atoms with E-state index in [4.69, 9.17) is 35.8 Å². The van der Waals surface area contributed by atoms with Crippen molar-refractivity contribution in [2.45, 2.75) is 0 Å². The van der Waals surface area contributed by atoms with Crippen LogP contribution in [-0.4, -0.2) is 30.5 Å². The Labute approximate surface area is 62.0 Å². The molecule has 0 aliphatic rings. The van der Waals surface area contributed by atoms with Crippen molar-refractivity contribution in [3.05, 3.63) is 0 Å². The molecule has 11 heavy (non-hydrogen) atoms. The van der Waals surface area contributed by atoms with Crippen molar-refractivity contribution in [2.75, 3.05) is 0 Å². The summed E-state index contributed by atoms with van der Waals surface area (Å²) < 4.78 is 31.8. The molecule has 0 heterocycles. The van der Waals surface area contributed by atoms with E-state index in [0.29, 0.717) is 0 Å². The van der Waals surface area contributed by atoms with Crippen molar-refractivity contribution in [3.63, 3.8) is 0 Å². The average molecular weight is 211 g/mol. The summed E-state index contributed by atoms with van der Waals surface area (Å²) in [7, 11) is 0. The van der Waals surface area contributed by atoms with Crippen LogP contribution in [0.15, 0.2) is 0 Å². The summed E-state index contributed by atoms with van der Waals surface area (Å²) in [5.74, 6) is -3.65. The molecule has 0 unspecified atom stereocenters. The van der Waals surface area contributed by atoms with Crippen molar-refractivity contribution < 1.29 is 49.2 Å². The zero-order valence-corrected chi connectivity index (χ0v) is 5.98. The second kappa shape index (κ2) is 4.74. The van der Waals surface area contributed by atoms with Gasteiger partial charge in [0.15, 0.2) is 0 Å². The predicted molar refractivity (Wildman–Crippen MR) is 21.1 cm³/mol. The fraction of sp³-hybridized carbons (Fsp3) is 0. The third-order valence-electron chi connectivity index (χ3n) is 0.183. The molecule has 0 radical (unpaired) electrons. The molecule has 0 saturated carbocycles. The van der Waals surface area contributed by atoms with E-state index in [2.05, 4.69) is 0 Å². The van der Waals surface area contributed by atoms with E-state index in [-0.39, 0.29) is 0 Å². The molecule has 0 saturated heterocycles. The van der Waals surface area contributed by atoms with Crippen LogP contribution in [0.1, 0.15) is 0 Å². The van der Waals surface area contributed by atoms with Gasteiger partial charge in [0.05, 0.1) is 0 Å². The summed E-state index contributed by atoms with van der Waals surface area (Å²) >= 11 is -5.12. The zero-order chi connectivity index (χ0) is 9.65. The van der Waals surface area contributed by atoms with Crippen molar-refractivity contribution in [1.82, 2.24) is 0 Å². The number of rotatable bonds is 0. The van der Waals surface area contributed by atoms with Crippen LogP contribution >= 0.6 is 0 Å². The predicted octanol–water partition coefficient (Wildman–Crippen LogP) is -2.20. The average Bonchev–Trinajstić information content (AvgIpc) is 1.59. The van der Waals surface area contributed by atoms with Gasteiger partial charge in [-0.25, -0.2) is 9.59 Å². The molecule has 0 aliphatic carbocycles. The van der Waals surface area contributed by atoms with Gasteiger partial charge in [0.2, 0.25) is 0 Å². The molecular weight excluding hydrogens is 207 g/mol. The minimum absolute atomic E-state index is 1.82. The van der Waals surface area contributed by atoms with E-state index in [1.807, 2.05) is 0 Å². The van der Waals surface area contributed by atoms with Crippen molar-refractivity contribution in [1.29, 1.82) is 0 Å². The first kappa shape index (κ1) is 12.6. The summed E-state index contributed by atoms with van der Waals surface area (Å²) in [6.45, 7) is 0. The Bertz CT molecular complexity index is 215. The first-order valence-electron chi connectivity index (χ1n) is 1.75. The van der Waals surface area contributed by atoms with Crippen LogP contribution in [0.5, 0.6) is 0 Å². The summed E-state index contributed by atoms with van der Waals surface area (Å²) in [6, 6.07) is 0. The Morgan fingerprint density at radius 2 is 1.00 bits per heavy atom. The second-order valence-corrected chi connectivity index (χ2v) is 2.32. The van der Waals surface area contributed by atoms with E-state index >= 15 is 0 Å². The van der Waals surface area contributed by atoms with Crippen LogP contribution in [0.25, 0.3) is 0 Å². The number of carboxylic acid groups (broad SMARTS) is 2. The van der Waals surface area contributed by atoms with Gasteiger partial charge in [-0.3, -0.25) is 0 Å². The third kappa shape index (κ3) is 49.3. The molecule has 0 atom stereocenters. The Balaban J connectivity index is 0. The Morgan fingerprint density at radius 3 is 1.00 bits per heavy atom. The standard InChI is InChI=1S/C2H2O4.Mn.2H2O.2O/c3-1(4)2(5)6;;;;;/h(H,3,4)(H,5,6);;2*1H2;;/q;+2;;;;/p-2. The number of aliphatic carboxylic acids is 2. The molecule has 0 amide bonds. The van der Waals surface area contributed by atoms with Gasteiger partial charge < -0.3 is 10.2 Å². The topological polar surface area (TPSA) is 149 Å². The minimum atomic E-state index is -5.12.